The largest absolute Gasteiger partial charge is 0.378 e. The van der Waals surface area contributed by atoms with E-state index >= 15 is 0 Å². The monoisotopic (exact) mass is 351 g/mol. The van der Waals surface area contributed by atoms with E-state index in [1.807, 2.05) is 25.1 Å². The van der Waals surface area contributed by atoms with Gasteiger partial charge < -0.3 is 4.90 Å². The molecule has 0 aliphatic heterocycles. The number of carbonyl (C=O) groups excluding carboxylic acids is 2. The number of nitrogens with one attached hydrogen (secondary N) is 2. The van der Waals surface area contributed by atoms with E-state index in [0.29, 0.717) is 16.8 Å². The molecular formula is C17H17N7O2. The summed E-state index contributed by atoms with van der Waals surface area (Å²) in [7, 11) is 3.77. The maximum Gasteiger partial charge on any atom is 0.269 e. The molecular weight excluding hydrogens is 334 g/mol. The standard InChI is InChI=1S/C17H17N7O2/c1-23(2)14-7-3-5-12(9-14)16(25)19-20-17(26)13-6-4-8-15(10-13)24-11-18-21-22-24/h3-11H,1-2H3,(H,19,25)(H,20,26). The molecule has 0 unspecified atom stereocenters. The molecule has 2 aromatic carbocycles. The van der Waals surface area contributed by atoms with Crippen molar-refractivity contribution in [3.8, 4) is 5.69 Å². The van der Waals surface area contributed by atoms with Gasteiger partial charge in [0, 0.05) is 30.9 Å². The van der Waals surface area contributed by atoms with Crippen molar-refractivity contribution in [2.75, 3.05) is 19.0 Å². The summed E-state index contributed by atoms with van der Waals surface area (Å²) in [4.78, 5) is 26.4. The Balaban J connectivity index is 1.66. The topological polar surface area (TPSA) is 105 Å². The van der Waals surface area contributed by atoms with E-state index in [0.717, 1.165) is 5.69 Å². The fraction of sp³-hybridized carbons (Fsp3) is 0.118. The second-order valence-corrected chi connectivity index (χ2v) is 5.66. The number of amides is 2. The maximum absolute atomic E-state index is 12.3. The number of aromatic nitrogens is 4. The minimum atomic E-state index is -0.447. The van der Waals surface area contributed by atoms with Gasteiger partial charge in [0.2, 0.25) is 0 Å². The van der Waals surface area contributed by atoms with E-state index in [1.54, 1.807) is 42.5 Å². The maximum atomic E-state index is 12.3. The minimum Gasteiger partial charge on any atom is -0.378 e. The van der Waals surface area contributed by atoms with Gasteiger partial charge in [-0.25, -0.2) is 4.68 Å². The number of hydrogen-bond acceptors (Lipinski definition) is 6. The van der Waals surface area contributed by atoms with Gasteiger partial charge in [-0.2, -0.15) is 0 Å². The van der Waals surface area contributed by atoms with E-state index in [-0.39, 0.29) is 0 Å². The van der Waals surface area contributed by atoms with Crippen LogP contribution in [0.5, 0.6) is 0 Å². The van der Waals surface area contributed by atoms with Gasteiger partial charge in [-0.05, 0) is 46.8 Å². The molecule has 0 fully saturated rings. The summed E-state index contributed by atoms with van der Waals surface area (Å²) < 4.78 is 1.43. The predicted molar refractivity (Wildman–Crippen MR) is 94.9 cm³/mol. The van der Waals surface area contributed by atoms with Crippen molar-refractivity contribution in [1.29, 1.82) is 0 Å². The van der Waals surface area contributed by atoms with Gasteiger partial charge in [0.25, 0.3) is 11.8 Å². The molecule has 0 aliphatic carbocycles. The van der Waals surface area contributed by atoms with Crippen LogP contribution in [0.1, 0.15) is 20.7 Å². The molecule has 3 rings (SSSR count). The number of hydrogen-bond donors (Lipinski definition) is 2. The zero-order valence-electron chi connectivity index (χ0n) is 14.2. The SMILES string of the molecule is CN(C)c1cccc(C(=O)NNC(=O)c2cccc(-n3cnnn3)c2)c1. The Hall–Kier alpha value is -3.75. The van der Waals surface area contributed by atoms with Gasteiger partial charge in [0.1, 0.15) is 6.33 Å². The summed E-state index contributed by atoms with van der Waals surface area (Å²) in [5.74, 6) is -0.851. The number of carbonyl (C=O) groups is 2. The highest BCUT2D eigenvalue weighted by atomic mass is 16.2. The van der Waals surface area contributed by atoms with E-state index in [4.69, 9.17) is 0 Å². The Morgan fingerprint density at radius 3 is 2.23 bits per heavy atom. The number of nitrogens with zero attached hydrogens (tertiary/aromatic N) is 5. The first kappa shape index (κ1) is 17.1. The molecule has 26 heavy (non-hydrogen) atoms. The fourth-order valence-corrected chi connectivity index (χ4v) is 2.25. The molecule has 1 heterocycles. The van der Waals surface area contributed by atoms with E-state index in [9.17, 15) is 9.59 Å². The van der Waals surface area contributed by atoms with Gasteiger partial charge >= 0.3 is 0 Å². The van der Waals surface area contributed by atoms with E-state index in [2.05, 4.69) is 26.4 Å². The molecule has 0 radical (unpaired) electrons. The second kappa shape index (κ2) is 7.43. The summed E-state index contributed by atoms with van der Waals surface area (Å²) in [5, 5.41) is 10.9. The van der Waals surface area contributed by atoms with Crippen LogP contribution in [0.3, 0.4) is 0 Å². The highest BCUT2D eigenvalue weighted by molar-refractivity contribution is 5.99. The normalized spacial score (nSPS) is 10.2. The third-order valence-electron chi connectivity index (χ3n) is 3.64. The molecule has 0 spiro atoms. The molecule has 0 saturated carbocycles. The number of hydrazine groups is 1. The molecule has 0 bridgehead atoms. The smallest absolute Gasteiger partial charge is 0.269 e. The van der Waals surface area contributed by atoms with Crippen molar-refractivity contribution in [1.82, 2.24) is 31.1 Å². The molecule has 0 atom stereocenters. The second-order valence-electron chi connectivity index (χ2n) is 5.66. The molecule has 0 saturated heterocycles. The van der Waals surface area contributed by atoms with Crippen LogP contribution >= 0.6 is 0 Å². The quantitative estimate of drug-likeness (QED) is 0.674. The van der Waals surface area contributed by atoms with Crippen molar-refractivity contribution in [3.05, 3.63) is 66.0 Å². The van der Waals surface area contributed by atoms with Crippen LogP contribution < -0.4 is 15.8 Å². The first-order valence-electron chi connectivity index (χ1n) is 7.76. The van der Waals surface area contributed by atoms with Gasteiger partial charge in [-0.15, -0.1) is 5.10 Å². The van der Waals surface area contributed by atoms with Crippen LogP contribution in [0.25, 0.3) is 5.69 Å². The minimum absolute atomic E-state index is 0.361. The number of rotatable bonds is 4. The van der Waals surface area contributed by atoms with Crippen molar-refractivity contribution in [2.24, 2.45) is 0 Å². The Kier molecular flexibility index (Phi) is 4.88. The predicted octanol–water partition coefficient (Wildman–Crippen LogP) is 0.803. The van der Waals surface area contributed by atoms with E-state index < -0.39 is 11.8 Å². The van der Waals surface area contributed by atoms with Crippen LogP contribution in [0, 0.1) is 0 Å². The summed E-state index contributed by atoms with van der Waals surface area (Å²) in [6.45, 7) is 0. The Bertz CT molecular complexity index is 922. The van der Waals surface area contributed by atoms with Gasteiger partial charge in [0.15, 0.2) is 0 Å². The Labute approximate surface area is 149 Å². The third kappa shape index (κ3) is 3.83. The molecule has 1 aromatic heterocycles. The number of anilines is 1. The zero-order valence-corrected chi connectivity index (χ0v) is 14.2. The lowest BCUT2D eigenvalue weighted by molar-refractivity contribution is 0.0846. The first-order chi connectivity index (χ1) is 12.5. The summed E-state index contributed by atoms with van der Waals surface area (Å²) in [6, 6.07) is 13.8. The lowest BCUT2D eigenvalue weighted by atomic mass is 10.2. The van der Waals surface area contributed by atoms with Gasteiger partial charge in [0.05, 0.1) is 5.69 Å². The first-order valence-corrected chi connectivity index (χ1v) is 7.76. The van der Waals surface area contributed by atoms with Gasteiger partial charge in [-0.3, -0.25) is 20.4 Å². The average molecular weight is 351 g/mol. The molecule has 0 aliphatic rings. The Morgan fingerprint density at radius 1 is 0.962 bits per heavy atom. The van der Waals surface area contributed by atoms with Crippen molar-refractivity contribution >= 4 is 17.5 Å². The molecule has 2 amide bonds. The van der Waals surface area contributed by atoms with Crippen LogP contribution in [0.15, 0.2) is 54.9 Å². The number of benzene rings is 2. The van der Waals surface area contributed by atoms with Crippen LogP contribution in [-0.2, 0) is 0 Å². The molecule has 9 heteroatoms. The molecule has 132 valence electrons. The highest BCUT2D eigenvalue weighted by Gasteiger charge is 2.11. The van der Waals surface area contributed by atoms with Crippen molar-refractivity contribution in [3.63, 3.8) is 0 Å². The molecule has 3 aromatic rings. The van der Waals surface area contributed by atoms with Crippen LogP contribution in [0.4, 0.5) is 5.69 Å². The number of tetrazole rings is 1. The van der Waals surface area contributed by atoms with Crippen molar-refractivity contribution < 1.29 is 9.59 Å². The molecule has 9 nitrogen and oxygen atoms in total. The van der Waals surface area contributed by atoms with Crippen LogP contribution in [0.2, 0.25) is 0 Å². The summed E-state index contributed by atoms with van der Waals surface area (Å²) >= 11 is 0. The highest BCUT2D eigenvalue weighted by Crippen LogP contribution is 2.13. The lowest BCUT2D eigenvalue weighted by Gasteiger charge is -2.13. The van der Waals surface area contributed by atoms with Gasteiger partial charge in [-0.1, -0.05) is 12.1 Å². The fourth-order valence-electron chi connectivity index (χ4n) is 2.25. The van der Waals surface area contributed by atoms with Crippen LogP contribution in [-0.4, -0.2) is 46.1 Å². The third-order valence-corrected chi connectivity index (χ3v) is 3.64. The van der Waals surface area contributed by atoms with Crippen molar-refractivity contribution in [2.45, 2.75) is 0 Å². The lowest BCUT2D eigenvalue weighted by Crippen LogP contribution is -2.41. The summed E-state index contributed by atoms with van der Waals surface area (Å²) in [6.07, 6.45) is 1.43. The summed E-state index contributed by atoms with van der Waals surface area (Å²) in [5.41, 5.74) is 7.14. The Morgan fingerprint density at radius 2 is 1.62 bits per heavy atom. The molecule has 2 N–H and O–H groups in total. The van der Waals surface area contributed by atoms with E-state index in [1.165, 1.54) is 11.0 Å². The zero-order chi connectivity index (χ0) is 18.5. The average Bonchev–Trinajstić information content (AvgIpc) is 3.21.